The van der Waals surface area contributed by atoms with Gasteiger partial charge in [0.1, 0.15) is 5.75 Å². The van der Waals surface area contributed by atoms with Gasteiger partial charge in [0.15, 0.2) is 5.65 Å². The molecule has 0 unspecified atom stereocenters. The van der Waals surface area contributed by atoms with Crippen molar-refractivity contribution >= 4 is 5.65 Å². The molecule has 142 valence electrons. The van der Waals surface area contributed by atoms with Gasteiger partial charge in [-0.1, -0.05) is 18.6 Å². The minimum Gasteiger partial charge on any atom is -0.497 e. The Bertz CT molecular complexity index is 1020. The molecule has 1 N–H and O–H groups in total. The van der Waals surface area contributed by atoms with Gasteiger partial charge in [0, 0.05) is 23.9 Å². The Kier molecular flexibility index (Phi) is 4.74. The number of aryl methyl sites for hydroxylation is 1. The third-order valence-corrected chi connectivity index (χ3v) is 5.60. The molecule has 27 heavy (non-hydrogen) atoms. The summed E-state index contributed by atoms with van der Waals surface area (Å²) in [7, 11) is 1.70. The number of nitrogens with one attached hydrogen (secondary N) is 1. The SMILES string of the molecule is COc1cccc(CN2CCCC[C@@H]2c2cc3nc(C)c(C)c(=O)n3[nH]2)c1. The number of benzene rings is 1. The lowest BCUT2D eigenvalue weighted by Gasteiger charge is -2.35. The van der Waals surface area contributed by atoms with Crippen LogP contribution >= 0.6 is 0 Å². The Morgan fingerprint density at radius 2 is 2.11 bits per heavy atom. The van der Waals surface area contributed by atoms with E-state index in [0.29, 0.717) is 11.2 Å². The van der Waals surface area contributed by atoms with Gasteiger partial charge in [0.25, 0.3) is 5.56 Å². The molecule has 1 aliphatic heterocycles. The topological polar surface area (TPSA) is 62.6 Å². The number of H-pyrrole nitrogens is 1. The smallest absolute Gasteiger partial charge is 0.275 e. The number of nitrogens with zero attached hydrogens (tertiary/aromatic N) is 3. The summed E-state index contributed by atoms with van der Waals surface area (Å²) in [5.74, 6) is 0.883. The van der Waals surface area contributed by atoms with E-state index >= 15 is 0 Å². The average molecular weight is 366 g/mol. The summed E-state index contributed by atoms with van der Waals surface area (Å²) in [5.41, 5.74) is 4.47. The number of fused-ring (bicyclic) bond motifs is 1. The first kappa shape index (κ1) is 17.8. The number of aromatic amines is 1. The fourth-order valence-electron chi connectivity index (χ4n) is 3.95. The van der Waals surface area contributed by atoms with Crippen LogP contribution in [0, 0.1) is 13.8 Å². The molecule has 0 aliphatic carbocycles. The van der Waals surface area contributed by atoms with Gasteiger partial charge in [-0.15, -0.1) is 0 Å². The molecule has 4 rings (SSSR count). The molecule has 0 bridgehead atoms. The van der Waals surface area contributed by atoms with Gasteiger partial charge < -0.3 is 4.74 Å². The summed E-state index contributed by atoms with van der Waals surface area (Å²) in [4.78, 5) is 19.6. The highest BCUT2D eigenvalue weighted by molar-refractivity contribution is 5.42. The van der Waals surface area contributed by atoms with Crippen molar-refractivity contribution in [3.63, 3.8) is 0 Å². The Labute approximate surface area is 158 Å². The van der Waals surface area contributed by atoms with Crippen molar-refractivity contribution < 1.29 is 4.74 Å². The number of hydrogen-bond donors (Lipinski definition) is 1. The van der Waals surface area contributed by atoms with Crippen LogP contribution in [0.1, 0.15) is 47.8 Å². The standard InChI is InChI=1S/C21H26N4O2/c1-14-15(2)22-20-12-18(23-25(20)21(14)26)19-9-4-5-10-24(19)13-16-7-6-8-17(11-16)27-3/h6-8,11-12,19,23H,4-5,9-10,13H2,1-3H3/t19-/m1/s1. The van der Waals surface area contributed by atoms with Crippen LogP contribution in [0.15, 0.2) is 35.1 Å². The lowest BCUT2D eigenvalue weighted by Crippen LogP contribution is -2.33. The van der Waals surface area contributed by atoms with Gasteiger partial charge in [-0.25, -0.2) is 9.50 Å². The van der Waals surface area contributed by atoms with Crippen molar-refractivity contribution in [2.75, 3.05) is 13.7 Å². The zero-order chi connectivity index (χ0) is 19.0. The van der Waals surface area contributed by atoms with Gasteiger partial charge in [-0.2, -0.15) is 0 Å². The minimum atomic E-state index is -0.0149. The van der Waals surface area contributed by atoms with Gasteiger partial charge in [0.2, 0.25) is 0 Å². The highest BCUT2D eigenvalue weighted by Gasteiger charge is 2.26. The van der Waals surface area contributed by atoms with Crippen LogP contribution in [0.5, 0.6) is 5.75 Å². The van der Waals surface area contributed by atoms with Crippen molar-refractivity contribution in [2.45, 2.75) is 45.7 Å². The predicted molar refractivity (Wildman–Crippen MR) is 105 cm³/mol. The molecule has 6 nitrogen and oxygen atoms in total. The fraction of sp³-hybridized carbons (Fsp3) is 0.429. The zero-order valence-electron chi connectivity index (χ0n) is 16.2. The Hall–Kier alpha value is -2.60. The molecule has 1 fully saturated rings. The Morgan fingerprint density at radius 1 is 1.26 bits per heavy atom. The van der Waals surface area contributed by atoms with Crippen molar-refractivity contribution in [3.05, 3.63) is 63.2 Å². The second-order valence-electron chi connectivity index (χ2n) is 7.37. The second kappa shape index (κ2) is 7.19. The normalized spacial score (nSPS) is 18.1. The van der Waals surface area contributed by atoms with E-state index in [1.807, 2.05) is 32.0 Å². The highest BCUT2D eigenvalue weighted by atomic mass is 16.5. The van der Waals surface area contributed by atoms with Crippen LogP contribution in [-0.2, 0) is 6.54 Å². The zero-order valence-corrected chi connectivity index (χ0v) is 16.2. The van der Waals surface area contributed by atoms with E-state index in [1.54, 1.807) is 11.6 Å². The van der Waals surface area contributed by atoms with E-state index in [9.17, 15) is 4.79 Å². The van der Waals surface area contributed by atoms with Crippen LogP contribution < -0.4 is 10.3 Å². The van der Waals surface area contributed by atoms with E-state index in [4.69, 9.17) is 4.74 Å². The molecule has 1 aromatic carbocycles. The summed E-state index contributed by atoms with van der Waals surface area (Å²) in [6.07, 6.45) is 3.45. The second-order valence-corrected chi connectivity index (χ2v) is 7.37. The minimum absolute atomic E-state index is 0.0149. The van der Waals surface area contributed by atoms with Gasteiger partial charge in [0.05, 0.1) is 18.8 Å². The Balaban J connectivity index is 1.67. The largest absolute Gasteiger partial charge is 0.497 e. The number of hydrogen-bond acceptors (Lipinski definition) is 4. The summed E-state index contributed by atoms with van der Waals surface area (Å²) in [6, 6.07) is 10.5. The van der Waals surface area contributed by atoms with E-state index in [2.05, 4.69) is 27.1 Å². The van der Waals surface area contributed by atoms with E-state index < -0.39 is 0 Å². The van der Waals surface area contributed by atoms with Crippen molar-refractivity contribution in [1.29, 1.82) is 0 Å². The number of methoxy groups -OCH3 is 1. The van der Waals surface area contributed by atoms with Gasteiger partial charge in [-0.05, 0) is 50.9 Å². The summed E-state index contributed by atoms with van der Waals surface area (Å²) < 4.78 is 6.94. The third-order valence-electron chi connectivity index (χ3n) is 5.60. The first-order chi connectivity index (χ1) is 13.1. The molecule has 1 atom stereocenters. The molecule has 0 amide bonds. The number of likely N-dealkylation sites (tertiary alicyclic amines) is 1. The maximum absolute atomic E-state index is 12.6. The number of aromatic nitrogens is 3. The lowest BCUT2D eigenvalue weighted by atomic mass is 9.98. The van der Waals surface area contributed by atoms with Crippen LogP contribution in [-0.4, -0.2) is 33.2 Å². The van der Waals surface area contributed by atoms with Crippen LogP contribution in [0.4, 0.5) is 0 Å². The average Bonchev–Trinajstić information content (AvgIpc) is 3.10. The van der Waals surface area contributed by atoms with E-state index in [1.165, 1.54) is 18.4 Å². The molecule has 3 aromatic rings. The molecule has 0 spiro atoms. The molecule has 2 aromatic heterocycles. The van der Waals surface area contributed by atoms with Crippen LogP contribution in [0.2, 0.25) is 0 Å². The summed E-state index contributed by atoms with van der Waals surface area (Å²) in [6.45, 7) is 5.61. The molecule has 6 heteroatoms. The van der Waals surface area contributed by atoms with Crippen LogP contribution in [0.3, 0.4) is 0 Å². The van der Waals surface area contributed by atoms with Crippen molar-refractivity contribution in [2.24, 2.45) is 0 Å². The number of ether oxygens (including phenoxy) is 1. The molecule has 3 heterocycles. The van der Waals surface area contributed by atoms with Gasteiger partial charge in [-0.3, -0.25) is 14.8 Å². The van der Waals surface area contributed by atoms with E-state index in [-0.39, 0.29) is 11.6 Å². The third kappa shape index (κ3) is 3.37. The molecular formula is C21H26N4O2. The van der Waals surface area contributed by atoms with Crippen molar-refractivity contribution in [1.82, 2.24) is 19.5 Å². The molecular weight excluding hydrogens is 340 g/mol. The lowest BCUT2D eigenvalue weighted by molar-refractivity contribution is 0.137. The number of rotatable bonds is 4. The quantitative estimate of drug-likeness (QED) is 0.769. The summed E-state index contributed by atoms with van der Waals surface area (Å²) in [5, 5.41) is 3.32. The molecule has 0 radical (unpaired) electrons. The van der Waals surface area contributed by atoms with E-state index in [0.717, 1.165) is 36.6 Å². The van der Waals surface area contributed by atoms with Crippen molar-refractivity contribution in [3.8, 4) is 5.75 Å². The first-order valence-corrected chi connectivity index (χ1v) is 9.52. The first-order valence-electron chi connectivity index (χ1n) is 9.52. The fourth-order valence-corrected chi connectivity index (χ4v) is 3.95. The number of piperidine rings is 1. The summed E-state index contributed by atoms with van der Waals surface area (Å²) >= 11 is 0. The van der Waals surface area contributed by atoms with Gasteiger partial charge >= 0.3 is 0 Å². The predicted octanol–water partition coefficient (Wildman–Crippen LogP) is 3.38. The maximum Gasteiger partial charge on any atom is 0.275 e. The Morgan fingerprint density at radius 3 is 2.93 bits per heavy atom. The molecule has 1 aliphatic rings. The molecule has 1 saturated heterocycles. The molecule has 0 saturated carbocycles. The highest BCUT2D eigenvalue weighted by Crippen LogP contribution is 2.32. The monoisotopic (exact) mass is 366 g/mol. The van der Waals surface area contributed by atoms with Crippen LogP contribution in [0.25, 0.3) is 5.65 Å². The maximum atomic E-state index is 12.6.